The number of nitrogens with one attached hydrogen (secondary N) is 1. The first-order valence-corrected chi connectivity index (χ1v) is 7.08. The molecule has 1 aliphatic rings. The van der Waals surface area contributed by atoms with Crippen molar-refractivity contribution in [3.05, 3.63) is 41.2 Å². The number of hydrogen-bond acceptors (Lipinski definition) is 3. The van der Waals surface area contributed by atoms with Gasteiger partial charge in [0.2, 0.25) is 9.84 Å². The third-order valence-corrected chi connectivity index (χ3v) is 4.20. The highest BCUT2D eigenvalue weighted by atomic mass is 32.2. The van der Waals surface area contributed by atoms with E-state index >= 15 is 0 Å². The van der Waals surface area contributed by atoms with Gasteiger partial charge in [-0.3, -0.25) is 0 Å². The molecule has 1 saturated heterocycles. The number of hydrogen-bond donors (Lipinski definition) is 1. The third-order valence-electron chi connectivity index (χ3n) is 2.67. The van der Waals surface area contributed by atoms with E-state index in [0.717, 1.165) is 30.9 Å². The molecule has 0 atom stereocenters. The maximum Gasteiger partial charge on any atom is 0.204 e. The van der Waals surface area contributed by atoms with Crippen molar-refractivity contribution in [3.63, 3.8) is 0 Å². The molecule has 0 bridgehead atoms. The fraction of sp³-hybridized carbons (Fsp3) is 0.333. The van der Waals surface area contributed by atoms with Crippen molar-refractivity contribution in [2.45, 2.75) is 24.2 Å². The molecule has 0 amide bonds. The third kappa shape index (κ3) is 2.85. The second-order valence-electron chi connectivity index (χ2n) is 4.00. The first-order valence-electron chi connectivity index (χ1n) is 5.54. The van der Waals surface area contributed by atoms with Gasteiger partial charge in [-0.1, -0.05) is 12.1 Å². The van der Waals surface area contributed by atoms with E-state index in [2.05, 4.69) is 5.32 Å². The summed E-state index contributed by atoms with van der Waals surface area (Å²) in [6, 6.07) is 5.42. The molecule has 5 heteroatoms. The molecule has 1 aliphatic heterocycles. The molecule has 92 valence electrons. The lowest BCUT2D eigenvalue weighted by molar-refractivity contribution is 0.568. The molecule has 1 fully saturated rings. The Labute approximate surface area is 100 Å². The average Bonchev–Trinajstić information content (AvgIpc) is 2.30. The summed E-state index contributed by atoms with van der Waals surface area (Å²) in [5, 5.41) is 4.17. The predicted molar refractivity (Wildman–Crippen MR) is 63.5 cm³/mol. The Bertz CT molecular complexity index is 529. The molecule has 1 aromatic rings. The van der Waals surface area contributed by atoms with Gasteiger partial charge in [0.05, 0.1) is 5.41 Å². The standard InChI is InChI=1S/C12H14FNO2S/c13-11-6-1-2-7-12(11)17(15,16)9-10-5-3-4-8-14-10/h1-2,6-7,9,14H,3-5,8H2/b10-9-. The Morgan fingerprint density at radius 3 is 2.65 bits per heavy atom. The Morgan fingerprint density at radius 2 is 2.00 bits per heavy atom. The minimum atomic E-state index is -3.69. The van der Waals surface area contributed by atoms with E-state index in [4.69, 9.17) is 0 Å². The molecule has 0 aromatic heterocycles. The van der Waals surface area contributed by atoms with Gasteiger partial charge in [0, 0.05) is 12.2 Å². The van der Waals surface area contributed by atoms with Crippen molar-refractivity contribution in [2.24, 2.45) is 0 Å². The molecule has 17 heavy (non-hydrogen) atoms. The second-order valence-corrected chi connectivity index (χ2v) is 5.77. The number of allylic oxidation sites excluding steroid dienone is 1. The lowest BCUT2D eigenvalue weighted by Gasteiger charge is -2.16. The Hall–Kier alpha value is -1.36. The molecular weight excluding hydrogens is 241 g/mol. The van der Waals surface area contributed by atoms with Crippen molar-refractivity contribution in [3.8, 4) is 0 Å². The van der Waals surface area contributed by atoms with Crippen LogP contribution in [0.2, 0.25) is 0 Å². The van der Waals surface area contributed by atoms with E-state index in [9.17, 15) is 12.8 Å². The largest absolute Gasteiger partial charge is 0.388 e. The van der Waals surface area contributed by atoms with Crippen molar-refractivity contribution in [2.75, 3.05) is 6.54 Å². The van der Waals surface area contributed by atoms with Gasteiger partial charge < -0.3 is 5.32 Å². The van der Waals surface area contributed by atoms with Gasteiger partial charge in [-0.15, -0.1) is 0 Å². The van der Waals surface area contributed by atoms with Crippen molar-refractivity contribution in [1.82, 2.24) is 5.32 Å². The van der Waals surface area contributed by atoms with Crippen LogP contribution in [0.5, 0.6) is 0 Å². The van der Waals surface area contributed by atoms with Crippen LogP contribution in [-0.2, 0) is 9.84 Å². The number of sulfone groups is 1. The summed E-state index contributed by atoms with van der Waals surface area (Å²) in [6.07, 6.45) is 2.70. The van der Waals surface area contributed by atoms with Crippen molar-refractivity contribution >= 4 is 9.84 Å². The molecule has 2 rings (SSSR count). The van der Waals surface area contributed by atoms with Crippen LogP contribution in [0.4, 0.5) is 4.39 Å². The first-order chi connectivity index (χ1) is 8.09. The number of piperidine rings is 1. The molecule has 1 N–H and O–H groups in total. The maximum atomic E-state index is 13.4. The van der Waals surface area contributed by atoms with Crippen LogP contribution in [0.1, 0.15) is 19.3 Å². The van der Waals surface area contributed by atoms with Crippen LogP contribution in [0, 0.1) is 5.82 Å². The zero-order valence-corrected chi connectivity index (χ0v) is 10.1. The van der Waals surface area contributed by atoms with Gasteiger partial charge in [-0.2, -0.15) is 0 Å². The molecule has 3 nitrogen and oxygen atoms in total. The fourth-order valence-corrected chi connectivity index (χ4v) is 3.12. The van der Waals surface area contributed by atoms with Crippen LogP contribution in [-0.4, -0.2) is 15.0 Å². The smallest absolute Gasteiger partial charge is 0.204 e. The first kappa shape index (κ1) is 12.1. The zero-order valence-electron chi connectivity index (χ0n) is 9.32. The average molecular weight is 255 g/mol. The highest BCUT2D eigenvalue weighted by Crippen LogP contribution is 2.19. The number of rotatable bonds is 2. The lowest BCUT2D eigenvalue weighted by Crippen LogP contribution is -2.20. The second kappa shape index (κ2) is 4.87. The van der Waals surface area contributed by atoms with E-state index in [1.807, 2.05) is 0 Å². The Kier molecular flexibility index (Phi) is 3.47. The molecule has 0 radical (unpaired) electrons. The fourth-order valence-electron chi connectivity index (χ4n) is 1.80. The maximum absolute atomic E-state index is 13.4. The van der Waals surface area contributed by atoms with Gasteiger partial charge in [-0.05, 0) is 31.4 Å². The van der Waals surface area contributed by atoms with Gasteiger partial charge in [0.15, 0.2) is 0 Å². The number of benzene rings is 1. The Morgan fingerprint density at radius 1 is 1.24 bits per heavy atom. The van der Waals surface area contributed by atoms with E-state index in [0.29, 0.717) is 12.1 Å². The molecule has 0 saturated carbocycles. The van der Waals surface area contributed by atoms with Crippen LogP contribution in [0.15, 0.2) is 40.3 Å². The lowest BCUT2D eigenvalue weighted by atomic mass is 10.1. The van der Waals surface area contributed by atoms with E-state index in [-0.39, 0.29) is 4.90 Å². The summed E-state index contributed by atoms with van der Waals surface area (Å²) >= 11 is 0. The minimum absolute atomic E-state index is 0.264. The van der Waals surface area contributed by atoms with Gasteiger partial charge in [-0.25, -0.2) is 12.8 Å². The summed E-state index contributed by atoms with van der Waals surface area (Å²) in [6.45, 7) is 0.776. The molecule has 1 heterocycles. The minimum Gasteiger partial charge on any atom is -0.388 e. The quantitative estimate of drug-likeness (QED) is 0.881. The monoisotopic (exact) mass is 255 g/mol. The molecule has 0 unspecified atom stereocenters. The van der Waals surface area contributed by atoms with Crippen LogP contribution in [0.3, 0.4) is 0 Å². The van der Waals surface area contributed by atoms with Gasteiger partial charge >= 0.3 is 0 Å². The highest BCUT2D eigenvalue weighted by molar-refractivity contribution is 7.94. The highest BCUT2D eigenvalue weighted by Gasteiger charge is 2.17. The van der Waals surface area contributed by atoms with E-state index in [1.165, 1.54) is 18.2 Å². The zero-order chi connectivity index (χ0) is 12.3. The van der Waals surface area contributed by atoms with Gasteiger partial charge in [0.25, 0.3) is 0 Å². The summed E-state index contributed by atoms with van der Waals surface area (Å²) in [5.41, 5.74) is 0.666. The molecular formula is C12H14FNO2S. The summed E-state index contributed by atoms with van der Waals surface area (Å²) in [7, 11) is -3.69. The van der Waals surface area contributed by atoms with Crippen LogP contribution in [0.25, 0.3) is 0 Å². The summed E-state index contributed by atoms with van der Waals surface area (Å²) < 4.78 is 37.3. The summed E-state index contributed by atoms with van der Waals surface area (Å²) in [5.74, 6) is -0.708. The molecule has 0 spiro atoms. The normalized spacial score (nSPS) is 19.0. The summed E-state index contributed by atoms with van der Waals surface area (Å²) in [4.78, 5) is -0.264. The van der Waals surface area contributed by atoms with E-state index < -0.39 is 15.7 Å². The molecule has 1 aromatic carbocycles. The number of halogens is 1. The SMILES string of the molecule is O=S(=O)(/C=C1/CCCCN1)c1ccccc1F. The van der Waals surface area contributed by atoms with Crippen molar-refractivity contribution < 1.29 is 12.8 Å². The van der Waals surface area contributed by atoms with Gasteiger partial charge in [0.1, 0.15) is 10.7 Å². The van der Waals surface area contributed by atoms with Crippen molar-refractivity contribution in [1.29, 1.82) is 0 Å². The van der Waals surface area contributed by atoms with E-state index in [1.54, 1.807) is 0 Å². The van der Waals surface area contributed by atoms with Crippen LogP contribution < -0.4 is 5.32 Å². The predicted octanol–water partition coefficient (Wildman–Crippen LogP) is 2.21. The topological polar surface area (TPSA) is 46.2 Å². The Balaban J connectivity index is 2.34. The molecule has 0 aliphatic carbocycles. The van der Waals surface area contributed by atoms with Crippen LogP contribution >= 0.6 is 0 Å².